The summed E-state index contributed by atoms with van der Waals surface area (Å²) in [5.41, 5.74) is 1.19. The van der Waals surface area contributed by atoms with Gasteiger partial charge in [-0.25, -0.2) is 9.37 Å². The van der Waals surface area contributed by atoms with Crippen molar-refractivity contribution in [1.29, 1.82) is 0 Å². The molecule has 1 saturated heterocycles. The van der Waals surface area contributed by atoms with Crippen LogP contribution in [-0.2, 0) is 4.74 Å². The van der Waals surface area contributed by atoms with E-state index in [2.05, 4.69) is 4.98 Å². The van der Waals surface area contributed by atoms with E-state index >= 15 is 0 Å². The number of hydrogen-bond acceptors (Lipinski definition) is 5. The molecule has 5 rings (SSSR count). The minimum atomic E-state index is -0.321. The Labute approximate surface area is 189 Å². The third-order valence-corrected chi connectivity index (χ3v) is 6.35. The number of carbonyl (C=O) groups excluding carboxylic acids is 1. The van der Waals surface area contributed by atoms with Gasteiger partial charge in [0.2, 0.25) is 0 Å². The van der Waals surface area contributed by atoms with Gasteiger partial charge in [-0.05, 0) is 67.4 Å². The molecule has 0 radical (unpaired) electrons. The van der Waals surface area contributed by atoms with E-state index in [1.165, 1.54) is 23.5 Å². The van der Waals surface area contributed by atoms with Crippen molar-refractivity contribution >= 4 is 32.6 Å². The molecule has 1 unspecified atom stereocenters. The number of rotatable bonds is 6. The number of fused-ring (bicyclic) bond motifs is 1. The molecule has 32 heavy (non-hydrogen) atoms. The van der Waals surface area contributed by atoms with Gasteiger partial charge in [0.15, 0.2) is 5.13 Å². The van der Waals surface area contributed by atoms with E-state index in [0.29, 0.717) is 39.8 Å². The standard InChI is InChI=1S/C25H21FN2O3S/c26-18-10-13-22-23(15-18)32-25(27-22)28(16-21-7-4-14-30-21)24(29)17-8-11-20(12-9-17)31-19-5-2-1-3-6-19/h1-3,5-6,8-13,15,21H,4,7,14,16H2. The molecular weight excluding hydrogens is 427 g/mol. The van der Waals surface area contributed by atoms with Crippen LogP contribution in [-0.4, -0.2) is 30.1 Å². The van der Waals surface area contributed by atoms with E-state index < -0.39 is 0 Å². The second kappa shape index (κ2) is 9.06. The number of ether oxygens (including phenoxy) is 2. The molecule has 1 aromatic heterocycles. The van der Waals surface area contributed by atoms with Gasteiger partial charge in [0, 0.05) is 12.2 Å². The van der Waals surface area contributed by atoms with Gasteiger partial charge in [-0.3, -0.25) is 9.69 Å². The van der Waals surface area contributed by atoms with Gasteiger partial charge < -0.3 is 9.47 Å². The highest BCUT2D eigenvalue weighted by atomic mass is 32.1. The minimum absolute atomic E-state index is 0.0385. The predicted molar refractivity (Wildman–Crippen MR) is 123 cm³/mol. The number of carbonyl (C=O) groups is 1. The topological polar surface area (TPSA) is 51.7 Å². The van der Waals surface area contributed by atoms with Gasteiger partial charge in [0.1, 0.15) is 17.3 Å². The van der Waals surface area contributed by atoms with E-state index in [1.807, 2.05) is 30.3 Å². The van der Waals surface area contributed by atoms with E-state index in [0.717, 1.165) is 18.6 Å². The number of halogens is 1. The summed E-state index contributed by atoms with van der Waals surface area (Å²) in [6.07, 6.45) is 1.83. The first-order valence-electron chi connectivity index (χ1n) is 10.5. The Bertz CT molecular complexity index is 1220. The molecule has 0 saturated carbocycles. The van der Waals surface area contributed by atoms with E-state index in [4.69, 9.17) is 9.47 Å². The molecule has 162 valence electrons. The molecule has 3 aromatic carbocycles. The number of thiazole rings is 1. The Morgan fingerprint density at radius 1 is 1.09 bits per heavy atom. The highest BCUT2D eigenvalue weighted by molar-refractivity contribution is 7.22. The van der Waals surface area contributed by atoms with Gasteiger partial charge in [0.05, 0.1) is 22.9 Å². The third kappa shape index (κ3) is 4.49. The molecule has 0 N–H and O–H groups in total. The quantitative estimate of drug-likeness (QED) is 0.360. The fourth-order valence-corrected chi connectivity index (χ4v) is 4.69. The second-order valence-corrected chi connectivity index (χ2v) is 8.61. The third-order valence-electron chi connectivity index (χ3n) is 5.31. The molecule has 4 aromatic rings. The van der Waals surface area contributed by atoms with Gasteiger partial charge in [0.25, 0.3) is 5.91 Å². The number of hydrogen-bond donors (Lipinski definition) is 0. The van der Waals surface area contributed by atoms with E-state index in [-0.39, 0.29) is 17.8 Å². The molecule has 2 heterocycles. The minimum Gasteiger partial charge on any atom is -0.457 e. The summed E-state index contributed by atoms with van der Waals surface area (Å²) in [4.78, 5) is 19.7. The van der Waals surface area contributed by atoms with Crippen molar-refractivity contribution in [2.24, 2.45) is 0 Å². The van der Waals surface area contributed by atoms with Crippen LogP contribution in [0.15, 0.2) is 72.8 Å². The Kier molecular flexibility index (Phi) is 5.83. The van der Waals surface area contributed by atoms with Crippen LogP contribution in [0.2, 0.25) is 0 Å². The molecule has 0 spiro atoms. The molecule has 1 atom stereocenters. The number of anilines is 1. The van der Waals surface area contributed by atoms with E-state index in [1.54, 1.807) is 35.2 Å². The van der Waals surface area contributed by atoms with Crippen LogP contribution < -0.4 is 9.64 Å². The second-order valence-electron chi connectivity index (χ2n) is 7.60. The van der Waals surface area contributed by atoms with Gasteiger partial charge >= 0.3 is 0 Å². The summed E-state index contributed by atoms with van der Waals surface area (Å²) < 4.78 is 26.0. The molecule has 1 aliphatic rings. The summed E-state index contributed by atoms with van der Waals surface area (Å²) in [5, 5.41) is 0.538. The summed E-state index contributed by atoms with van der Waals surface area (Å²) in [5.74, 6) is 0.882. The smallest absolute Gasteiger partial charge is 0.260 e. The predicted octanol–water partition coefficient (Wildman–Crippen LogP) is 6.05. The van der Waals surface area contributed by atoms with Crippen molar-refractivity contribution < 1.29 is 18.7 Å². The summed E-state index contributed by atoms with van der Waals surface area (Å²) >= 11 is 1.30. The molecule has 1 aliphatic heterocycles. The number of para-hydroxylation sites is 1. The first kappa shape index (κ1) is 20.6. The van der Waals surface area contributed by atoms with Gasteiger partial charge in [-0.2, -0.15) is 0 Å². The van der Waals surface area contributed by atoms with Crippen molar-refractivity contribution in [1.82, 2.24) is 4.98 Å². The van der Waals surface area contributed by atoms with Crippen LogP contribution in [0.5, 0.6) is 11.5 Å². The van der Waals surface area contributed by atoms with Crippen LogP contribution in [0.4, 0.5) is 9.52 Å². The van der Waals surface area contributed by atoms with Crippen LogP contribution in [0.3, 0.4) is 0 Å². The highest BCUT2D eigenvalue weighted by Crippen LogP contribution is 2.32. The average molecular weight is 449 g/mol. The number of benzene rings is 3. The lowest BCUT2D eigenvalue weighted by Crippen LogP contribution is -2.37. The molecule has 1 fully saturated rings. The van der Waals surface area contributed by atoms with Crippen molar-refractivity contribution in [3.8, 4) is 11.5 Å². The first-order chi connectivity index (χ1) is 15.7. The fraction of sp³-hybridized carbons (Fsp3) is 0.200. The van der Waals surface area contributed by atoms with Crippen molar-refractivity contribution in [3.05, 3.63) is 84.2 Å². The fourth-order valence-electron chi connectivity index (χ4n) is 3.69. The number of amides is 1. The van der Waals surface area contributed by atoms with E-state index in [9.17, 15) is 9.18 Å². The highest BCUT2D eigenvalue weighted by Gasteiger charge is 2.27. The monoisotopic (exact) mass is 448 g/mol. The van der Waals surface area contributed by atoms with Gasteiger partial charge in [-0.15, -0.1) is 0 Å². The zero-order chi connectivity index (χ0) is 21.9. The van der Waals surface area contributed by atoms with Crippen molar-refractivity contribution in [2.45, 2.75) is 18.9 Å². The first-order valence-corrected chi connectivity index (χ1v) is 11.3. The summed E-state index contributed by atoms with van der Waals surface area (Å²) in [6, 6.07) is 21.0. The molecule has 5 nitrogen and oxygen atoms in total. The number of nitrogens with zero attached hydrogens (tertiary/aromatic N) is 2. The lowest BCUT2D eigenvalue weighted by molar-refractivity contribution is 0.0917. The molecule has 7 heteroatoms. The average Bonchev–Trinajstić information content (AvgIpc) is 3.47. The molecule has 0 bridgehead atoms. The summed E-state index contributed by atoms with van der Waals surface area (Å²) in [7, 11) is 0. The maximum absolute atomic E-state index is 13.7. The van der Waals surface area contributed by atoms with Crippen LogP contribution in [0.25, 0.3) is 10.2 Å². The van der Waals surface area contributed by atoms with Crippen LogP contribution in [0, 0.1) is 5.82 Å². The van der Waals surface area contributed by atoms with Crippen LogP contribution >= 0.6 is 11.3 Å². The largest absolute Gasteiger partial charge is 0.457 e. The Balaban J connectivity index is 1.41. The molecule has 1 amide bonds. The van der Waals surface area contributed by atoms with Crippen molar-refractivity contribution in [3.63, 3.8) is 0 Å². The molecular formula is C25H21FN2O3S. The SMILES string of the molecule is O=C(c1ccc(Oc2ccccc2)cc1)N(CC1CCCO1)c1nc2ccc(F)cc2s1. The lowest BCUT2D eigenvalue weighted by Gasteiger charge is -2.23. The zero-order valence-electron chi connectivity index (χ0n) is 17.2. The van der Waals surface area contributed by atoms with Crippen molar-refractivity contribution in [2.75, 3.05) is 18.1 Å². The molecule has 0 aliphatic carbocycles. The maximum atomic E-state index is 13.7. The number of aromatic nitrogens is 1. The lowest BCUT2D eigenvalue weighted by atomic mass is 10.1. The Hall–Kier alpha value is -3.29. The maximum Gasteiger partial charge on any atom is 0.260 e. The van der Waals surface area contributed by atoms with Crippen LogP contribution in [0.1, 0.15) is 23.2 Å². The zero-order valence-corrected chi connectivity index (χ0v) is 18.1. The summed E-state index contributed by atoms with van der Waals surface area (Å²) in [6.45, 7) is 1.10. The Morgan fingerprint density at radius 3 is 2.62 bits per heavy atom. The normalized spacial score (nSPS) is 15.7. The Morgan fingerprint density at radius 2 is 1.88 bits per heavy atom. The van der Waals surface area contributed by atoms with Gasteiger partial charge in [-0.1, -0.05) is 29.5 Å².